The fourth-order valence-corrected chi connectivity index (χ4v) is 3.84. The third-order valence-corrected chi connectivity index (χ3v) is 5.20. The standard InChI is InChI=1S/C23H16OS.2C3H8.2C2H6.C2H4/c1-24-20-14-11-17(12-15-20)10-13-18-6-2-4-8-21(18)23-16-19-7-3-5-9-22(19)25-23;2*1-3-2;3*1-2/h2-9,11-12,14-16H,1H3;2*3H2,1-2H3;2*1-2H3;1-2H2. The third kappa shape index (κ3) is 13.6. The van der Waals surface area contributed by atoms with Crippen LogP contribution in [0.5, 0.6) is 5.75 Å². The molecule has 0 radical (unpaired) electrons. The van der Waals surface area contributed by atoms with Crippen LogP contribution in [0.25, 0.3) is 20.5 Å². The fourth-order valence-electron chi connectivity index (χ4n) is 2.74. The van der Waals surface area contributed by atoms with E-state index in [1.807, 2.05) is 58.0 Å². The lowest BCUT2D eigenvalue weighted by atomic mass is 10.1. The Bertz CT molecular complexity index is 1090. The van der Waals surface area contributed by atoms with Crippen LogP contribution in [0.15, 0.2) is 92.0 Å². The molecule has 3 aromatic carbocycles. The SMILES string of the molecule is C=C.CC.CC.CCC.CCC.COc1ccc(C#Cc2ccccc2-c2cc3ccccc3s2)cc1. The highest BCUT2D eigenvalue weighted by Crippen LogP contribution is 2.34. The van der Waals surface area contributed by atoms with Crippen molar-refractivity contribution in [3.05, 3.63) is 103 Å². The smallest absolute Gasteiger partial charge is 0.118 e. The van der Waals surface area contributed by atoms with Crippen molar-refractivity contribution in [1.82, 2.24) is 0 Å². The topological polar surface area (TPSA) is 9.23 Å². The van der Waals surface area contributed by atoms with Gasteiger partial charge in [0.2, 0.25) is 0 Å². The number of rotatable bonds is 2. The van der Waals surface area contributed by atoms with Crippen molar-refractivity contribution in [1.29, 1.82) is 0 Å². The first-order valence-electron chi connectivity index (χ1n) is 13.4. The van der Waals surface area contributed by atoms with Crippen LogP contribution in [0.1, 0.15) is 79.4 Å². The van der Waals surface area contributed by atoms with Crippen molar-refractivity contribution < 1.29 is 4.74 Å². The Morgan fingerprint density at radius 2 is 1.22 bits per heavy atom. The van der Waals surface area contributed by atoms with Gasteiger partial charge in [0.05, 0.1) is 7.11 Å². The second-order valence-corrected chi connectivity index (χ2v) is 8.17. The summed E-state index contributed by atoms with van der Waals surface area (Å²) in [6.07, 6.45) is 2.50. The van der Waals surface area contributed by atoms with Crippen molar-refractivity contribution >= 4 is 21.4 Å². The Labute approximate surface area is 232 Å². The lowest BCUT2D eigenvalue weighted by Gasteiger charge is -2.01. The van der Waals surface area contributed by atoms with E-state index in [9.17, 15) is 0 Å². The van der Waals surface area contributed by atoms with Crippen LogP contribution in [0.4, 0.5) is 0 Å². The largest absolute Gasteiger partial charge is 0.497 e. The van der Waals surface area contributed by atoms with E-state index in [0.717, 1.165) is 16.9 Å². The van der Waals surface area contributed by atoms with E-state index in [-0.39, 0.29) is 0 Å². The monoisotopic (exact) mass is 516 g/mol. The molecule has 0 N–H and O–H groups in total. The summed E-state index contributed by atoms with van der Waals surface area (Å²) in [7, 11) is 1.67. The van der Waals surface area contributed by atoms with Gasteiger partial charge in [0.15, 0.2) is 0 Å². The van der Waals surface area contributed by atoms with Crippen LogP contribution in [0.2, 0.25) is 0 Å². The highest BCUT2D eigenvalue weighted by atomic mass is 32.1. The Morgan fingerprint density at radius 3 is 1.76 bits per heavy atom. The van der Waals surface area contributed by atoms with E-state index in [1.165, 1.54) is 33.4 Å². The molecule has 200 valence electrons. The van der Waals surface area contributed by atoms with Gasteiger partial charge < -0.3 is 4.74 Å². The maximum absolute atomic E-state index is 5.19. The first-order chi connectivity index (χ1) is 18.2. The van der Waals surface area contributed by atoms with Crippen LogP contribution >= 0.6 is 11.3 Å². The zero-order valence-corrected chi connectivity index (χ0v) is 25.5. The lowest BCUT2D eigenvalue weighted by Crippen LogP contribution is -1.83. The van der Waals surface area contributed by atoms with Gasteiger partial charge in [-0.05, 0) is 47.9 Å². The maximum Gasteiger partial charge on any atom is 0.118 e. The van der Waals surface area contributed by atoms with Gasteiger partial charge >= 0.3 is 0 Å². The number of hydrogen-bond acceptors (Lipinski definition) is 2. The molecule has 0 spiro atoms. The number of hydrogen-bond donors (Lipinski definition) is 0. The molecule has 1 nitrogen and oxygen atoms in total. The average Bonchev–Trinajstić information content (AvgIpc) is 3.41. The number of methoxy groups -OCH3 is 1. The number of ether oxygens (including phenoxy) is 1. The van der Waals surface area contributed by atoms with Crippen LogP contribution in [-0.2, 0) is 0 Å². The van der Waals surface area contributed by atoms with Crippen molar-refractivity contribution in [2.24, 2.45) is 0 Å². The molecule has 0 unspecified atom stereocenters. The van der Waals surface area contributed by atoms with Gasteiger partial charge in [-0.1, -0.05) is 116 Å². The molecule has 0 saturated carbocycles. The molecule has 0 atom stereocenters. The molecule has 0 aliphatic heterocycles. The summed E-state index contributed by atoms with van der Waals surface area (Å²) < 4.78 is 6.49. The van der Waals surface area contributed by atoms with Gasteiger partial charge in [0.25, 0.3) is 0 Å². The molecule has 4 rings (SSSR count). The van der Waals surface area contributed by atoms with Gasteiger partial charge in [0, 0.05) is 26.3 Å². The molecule has 1 aromatic heterocycles. The van der Waals surface area contributed by atoms with Crippen molar-refractivity contribution in [3.8, 4) is 28.0 Å². The van der Waals surface area contributed by atoms with Crippen molar-refractivity contribution in [2.75, 3.05) is 7.11 Å². The van der Waals surface area contributed by atoms with Crippen molar-refractivity contribution in [3.63, 3.8) is 0 Å². The van der Waals surface area contributed by atoms with E-state index in [1.54, 1.807) is 18.4 Å². The number of benzene rings is 3. The van der Waals surface area contributed by atoms with Gasteiger partial charge in [-0.25, -0.2) is 0 Å². The van der Waals surface area contributed by atoms with Crippen LogP contribution in [0.3, 0.4) is 0 Å². The fraction of sp³-hybridized carbons (Fsp3) is 0.314. The molecular weight excluding hydrogens is 468 g/mol. The molecule has 0 saturated heterocycles. The molecule has 0 aliphatic carbocycles. The summed E-state index contributed by atoms with van der Waals surface area (Å²) >= 11 is 1.81. The molecule has 0 amide bonds. The summed E-state index contributed by atoms with van der Waals surface area (Å²) in [5.41, 5.74) is 3.21. The Hall–Kier alpha value is -3.28. The number of fused-ring (bicyclic) bond motifs is 1. The zero-order valence-electron chi connectivity index (χ0n) is 24.7. The number of thiophene rings is 1. The van der Waals surface area contributed by atoms with E-state index in [4.69, 9.17) is 4.74 Å². The predicted molar refractivity (Wildman–Crippen MR) is 172 cm³/mol. The molecule has 1 heterocycles. The van der Waals surface area contributed by atoms with E-state index in [0.29, 0.717) is 0 Å². The molecule has 0 bridgehead atoms. The summed E-state index contributed by atoms with van der Waals surface area (Å²) in [5.74, 6) is 7.42. The van der Waals surface area contributed by atoms with Crippen molar-refractivity contribution in [2.45, 2.75) is 68.2 Å². The van der Waals surface area contributed by atoms with Gasteiger partial charge in [-0.2, -0.15) is 0 Å². The van der Waals surface area contributed by atoms with Crippen LogP contribution < -0.4 is 4.74 Å². The average molecular weight is 517 g/mol. The van der Waals surface area contributed by atoms with Gasteiger partial charge in [-0.15, -0.1) is 24.5 Å². The highest BCUT2D eigenvalue weighted by Gasteiger charge is 2.07. The second-order valence-electron chi connectivity index (χ2n) is 7.09. The second kappa shape index (κ2) is 24.4. The van der Waals surface area contributed by atoms with Gasteiger partial charge in [0.1, 0.15) is 5.75 Å². The third-order valence-electron chi connectivity index (χ3n) is 4.05. The molecule has 2 heteroatoms. The lowest BCUT2D eigenvalue weighted by molar-refractivity contribution is 0.415. The highest BCUT2D eigenvalue weighted by molar-refractivity contribution is 7.22. The normalized spacial score (nSPS) is 8.35. The molecule has 0 aliphatic rings. The first kappa shape index (κ1) is 35.9. The minimum absolute atomic E-state index is 0.844. The first-order valence-corrected chi connectivity index (χ1v) is 14.2. The van der Waals surface area contributed by atoms with Crippen LogP contribution in [-0.4, -0.2) is 7.11 Å². The predicted octanol–water partition coefficient (Wildman–Crippen LogP) is 11.7. The summed E-state index contributed by atoms with van der Waals surface area (Å²) in [4.78, 5) is 1.25. The molecule has 4 aromatic rings. The summed E-state index contributed by atoms with van der Waals surface area (Å²) in [6.45, 7) is 22.5. The zero-order chi connectivity index (χ0) is 28.5. The van der Waals surface area contributed by atoms with E-state index in [2.05, 4.69) is 101 Å². The van der Waals surface area contributed by atoms with E-state index >= 15 is 0 Å². The minimum Gasteiger partial charge on any atom is -0.497 e. The van der Waals surface area contributed by atoms with E-state index < -0.39 is 0 Å². The summed E-state index contributed by atoms with van der Waals surface area (Å²) in [6, 6.07) is 26.9. The quantitative estimate of drug-likeness (QED) is 0.190. The Kier molecular flexibility index (Phi) is 23.7. The van der Waals surface area contributed by atoms with Gasteiger partial charge in [-0.3, -0.25) is 0 Å². The Balaban J connectivity index is 0. The molecule has 0 fully saturated rings. The molecule has 37 heavy (non-hydrogen) atoms. The maximum atomic E-state index is 5.19. The Morgan fingerprint density at radius 1 is 0.703 bits per heavy atom. The van der Waals surface area contributed by atoms with Crippen LogP contribution in [0, 0.1) is 11.8 Å². The summed E-state index contributed by atoms with van der Waals surface area (Å²) in [5, 5.41) is 1.28. The minimum atomic E-state index is 0.844. The molecular formula is C35H48OS.